The van der Waals surface area contributed by atoms with Crippen molar-refractivity contribution in [2.24, 2.45) is 0 Å². The lowest BCUT2D eigenvalue weighted by Crippen LogP contribution is -2.41. The minimum absolute atomic E-state index is 0.00883. The van der Waals surface area contributed by atoms with Crippen LogP contribution in [0.3, 0.4) is 0 Å². The van der Waals surface area contributed by atoms with Gasteiger partial charge in [-0.1, -0.05) is 31.5 Å². The molecular formula is C23H28N2O5. The van der Waals surface area contributed by atoms with Gasteiger partial charge in [-0.25, -0.2) is 0 Å². The van der Waals surface area contributed by atoms with E-state index in [9.17, 15) is 9.59 Å². The van der Waals surface area contributed by atoms with Crippen molar-refractivity contribution < 1.29 is 23.8 Å². The summed E-state index contributed by atoms with van der Waals surface area (Å²) in [6.45, 7) is 3.42. The number of fused-ring (bicyclic) bond motifs is 1. The van der Waals surface area contributed by atoms with Crippen molar-refractivity contribution in [1.82, 2.24) is 5.32 Å². The lowest BCUT2D eigenvalue weighted by molar-refractivity contribution is -0.122. The summed E-state index contributed by atoms with van der Waals surface area (Å²) >= 11 is 0. The first-order valence-electron chi connectivity index (χ1n) is 10.2. The highest BCUT2D eigenvalue weighted by atomic mass is 16.5. The minimum atomic E-state index is -0.148. The third-order valence-corrected chi connectivity index (χ3v) is 4.84. The fraction of sp³-hybridized carbons (Fsp3) is 0.391. The summed E-state index contributed by atoms with van der Waals surface area (Å²) < 4.78 is 16.6. The molecule has 0 spiro atoms. The zero-order chi connectivity index (χ0) is 21.3. The second-order valence-electron chi connectivity index (χ2n) is 7.02. The van der Waals surface area contributed by atoms with Crippen LogP contribution in [0, 0.1) is 0 Å². The zero-order valence-corrected chi connectivity index (χ0v) is 17.5. The third kappa shape index (κ3) is 5.43. The number of rotatable bonds is 10. The second-order valence-corrected chi connectivity index (χ2v) is 7.02. The molecule has 30 heavy (non-hydrogen) atoms. The van der Waals surface area contributed by atoms with Crippen LogP contribution < -0.4 is 24.4 Å². The Morgan fingerprint density at radius 1 is 1.20 bits per heavy atom. The highest BCUT2D eigenvalue weighted by Crippen LogP contribution is 2.31. The van der Waals surface area contributed by atoms with Gasteiger partial charge in [-0.15, -0.1) is 0 Å². The van der Waals surface area contributed by atoms with Crippen LogP contribution in [0.15, 0.2) is 42.5 Å². The summed E-state index contributed by atoms with van der Waals surface area (Å²) in [5.41, 5.74) is 1.61. The Kier molecular flexibility index (Phi) is 7.54. The molecule has 1 aliphatic heterocycles. The molecule has 2 aromatic carbocycles. The predicted octanol–water partition coefficient (Wildman–Crippen LogP) is 3.31. The van der Waals surface area contributed by atoms with Crippen molar-refractivity contribution in [2.75, 3.05) is 31.8 Å². The number of methoxy groups -OCH3 is 1. The van der Waals surface area contributed by atoms with Gasteiger partial charge in [0.15, 0.2) is 18.1 Å². The summed E-state index contributed by atoms with van der Waals surface area (Å²) in [6, 6.07) is 13.0. The third-order valence-electron chi connectivity index (χ3n) is 4.84. The largest absolute Gasteiger partial charge is 0.493 e. The van der Waals surface area contributed by atoms with Gasteiger partial charge in [0.25, 0.3) is 5.91 Å². The molecule has 0 atom stereocenters. The van der Waals surface area contributed by atoms with Crippen LogP contribution in [0.2, 0.25) is 0 Å². The van der Waals surface area contributed by atoms with Gasteiger partial charge < -0.3 is 24.4 Å². The van der Waals surface area contributed by atoms with Crippen LogP contribution in [0.4, 0.5) is 5.69 Å². The van der Waals surface area contributed by atoms with Crippen molar-refractivity contribution in [1.29, 1.82) is 0 Å². The molecule has 2 amide bonds. The maximum atomic E-state index is 12.3. The number of benzene rings is 2. The molecule has 0 saturated carbocycles. The number of carbonyl (C=O) groups is 2. The van der Waals surface area contributed by atoms with Gasteiger partial charge in [0, 0.05) is 19.5 Å². The standard InChI is InChI=1S/C23H28N2O5/c1-3-4-13-29-20-10-9-17(14-21(20)28-2)15-24-22(26)11-12-25-18-7-5-6-8-19(18)30-16-23(25)27/h5-10,14H,3-4,11-13,15-16H2,1-2H3,(H,24,26). The Balaban J connectivity index is 1.52. The fourth-order valence-corrected chi connectivity index (χ4v) is 3.17. The number of amides is 2. The topological polar surface area (TPSA) is 77.1 Å². The van der Waals surface area contributed by atoms with E-state index >= 15 is 0 Å². The number of nitrogens with one attached hydrogen (secondary N) is 1. The molecule has 2 aromatic rings. The molecule has 0 saturated heterocycles. The number of carbonyl (C=O) groups excluding carboxylic acids is 2. The smallest absolute Gasteiger partial charge is 0.265 e. The van der Waals surface area contributed by atoms with E-state index in [1.807, 2.05) is 42.5 Å². The van der Waals surface area contributed by atoms with Crippen LogP contribution in [0.25, 0.3) is 0 Å². The molecule has 1 heterocycles. The highest BCUT2D eigenvalue weighted by Gasteiger charge is 2.25. The van der Waals surface area contributed by atoms with E-state index < -0.39 is 0 Å². The fourth-order valence-electron chi connectivity index (χ4n) is 3.17. The van der Waals surface area contributed by atoms with Crippen molar-refractivity contribution in [2.45, 2.75) is 32.7 Å². The number of ether oxygens (including phenoxy) is 3. The van der Waals surface area contributed by atoms with Gasteiger partial charge in [0.05, 0.1) is 19.4 Å². The normalized spacial score (nSPS) is 12.7. The Hall–Kier alpha value is -3.22. The summed E-state index contributed by atoms with van der Waals surface area (Å²) in [5.74, 6) is 1.73. The SMILES string of the molecule is CCCCOc1ccc(CNC(=O)CCN2C(=O)COc3ccccc32)cc1OC. The average Bonchev–Trinajstić information content (AvgIpc) is 2.77. The van der Waals surface area contributed by atoms with Crippen LogP contribution in [-0.4, -0.2) is 38.7 Å². The molecule has 0 radical (unpaired) electrons. The van der Waals surface area contributed by atoms with E-state index in [4.69, 9.17) is 14.2 Å². The Labute approximate surface area is 176 Å². The number of para-hydroxylation sites is 2. The summed E-state index contributed by atoms with van der Waals surface area (Å²) in [5, 5.41) is 2.90. The van der Waals surface area contributed by atoms with Gasteiger partial charge in [-0.2, -0.15) is 0 Å². The molecule has 160 valence electrons. The molecule has 7 nitrogen and oxygen atoms in total. The van der Waals surface area contributed by atoms with E-state index in [0.29, 0.717) is 42.6 Å². The molecule has 0 fully saturated rings. The first-order valence-corrected chi connectivity index (χ1v) is 10.2. The van der Waals surface area contributed by atoms with Gasteiger partial charge in [-0.05, 0) is 36.2 Å². The van der Waals surface area contributed by atoms with Crippen LogP contribution in [0.5, 0.6) is 17.2 Å². The first-order chi connectivity index (χ1) is 14.6. The number of hydrogen-bond acceptors (Lipinski definition) is 5. The van der Waals surface area contributed by atoms with E-state index in [1.165, 1.54) is 0 Å². The molecule has 0 aliphatic carbocycles. The van der Waals surface area contributed by atoms with E-state index in [2.05, 4.69) is 12.2 Å². The number of nitrogens with zero attached hydrogens (tertiary/aromatic N) is 1. The van der Waals surface area contributed by atoms with Crippen LogP contribution >= 0.6 is 0 Å². The molecule has 0 aromatic heterocycles. The molecule has 3 rings (SSSR count). The van der Waals surface area contributed by atoms with Gasteiger partial charge >= 0.3 is 0 Å². The van der Waals surface area contributed by atoms with E-state index in [0.717, 1.165) is 18.4 Å². The first kappa shape index (κ1) is 21.5. The summed E-state index contributed by atoms with van der Waals surface area (Å²) in [7, 11) is 1.60. The van der Waals surface area contributed by atoms with E-state index in [1.54, 1.807) is 12.0 Å². The lowest BCUT2D eigenvalue weighted by atomic mass is 10.2. The Morgan fingerprint density at radius 2 is 2.03 bits per heavy atom. The van der Waals surface area contributed by atoms with Crippen molar-refractivity contribution >= 4 is 17.5 Å². The summed E-state index contributed by atoms with van der Waals surface area (Å²) in [4.78, 5) is 26.1. The van der Waals surface area contributed by atoms with Gasteiger partial charge in [0.1, 0.15) is 5.75 Å². The Morgan fingerprint density at radius 3 is 2.83 bits per heavy atom. The van der Waals surface area contributed by atoms with Crippen LogP contribution in [-0.2, 0) is 16.1 Å². The Bertz CT molecular complexity index is 884. The van der Waals surface area contributed by atoms with Crippen LogP contribution in [0.1, 0.15) is 31.7 Å². The van der Waals surface area contributed by atoms with Crippen molar-refractivity contribution in [3.63, 3.8) is 0 Å². The maximum Gasteiger partial charge on any atom is 0.265 e. The van der Waals surface area contributed by atoms with Gasteiger partial charge in [-0.3, -0.25) is 9.59 Å². The van der Waals surface area contributed by atoms with Crippen molar-refractivity contribution in [3.8, 4) is 17.2 Å². The van der Waals surface area contributed by atoms with Crippen molar-refractivity contribution in [3.05, 3.63) is 48.0 Å². The molecule has 1 aliphatic rings. The minimum Gasteiger partial charge on any atom is -0.493 e. The molecule has 1 N–H and O–H groups in total. The maximum absolute atomic E-state index is 12.3. The number of unbranched alkanes of at least 4 members (excludes halogenated alkanes) is 1. The number of hydrogen-bond donors (Lipinski definition) is 1. The van der Waals surface area contributed by atoms with E-state index in [-0.39, 0.29) is 24.8 Å². The quantitative estimate of drug-likeness (QED) is 0.606. The molecule has 0 bridgehead atoms. The lowest BCUT2D eigenvalue weighted by Gasteiger charge is -2.29. The molecule has 0 unspecified atom stereocenters. The molecular weight excluding hydrogens is 384 g/mol. The monoisotopic (exact) mass is 412 g/mol. The molecule has 7 heteroatoms. The average molecular weight is 412 g/mol. The zero-order valence-electron chi connectivity index (χ0n) is 17.5. The summed E-state index contributed by atoms with van der Waals surface area (Å²) in [6.07, 6.45) is 2.25. The second kappa shape index (κ2) is 10.5. The predicted molar refractivity (Wildman–Crippen MR) is 114 cm³/mol. The highest BCUT2D eigenvalue weighted by molar-refractivity contribution is 5.98. The number of anilines is 1. The van der Waals surface area contributed by atoms with Gasteiger partial charge in [0.2, 0.25) is 5.91 Å².